The van der Waals surface area contributed by atoms with Crippen LogP contribution in [0.4, 0.5) is 5.69 Å². The maximum Gasteiger partial charge on any atom is 0.241 e. The van der Waals surface area contributed by atoms with E-state index in [1.54, 1.807) is 0 Å². The van der Waals surface area contributed by atoms with Crippen molar-refractivity contribution >= 4 is 11.6 Å². The van der Waals surface area contributed by atoms with E-state index in [-0.39, 0.29) is 17.4 Å². The van der Waals surface area contributed by atoms with Crippen molar-refractivity contribution in [3.05, 3.63) is 29.8 Å². The Kier molecular flexibility index (Phi) is 5.01. The molecule has 4 heteroatoms. The number of carbonyl (C=O) groups excluding carboxylic acids is 1. The van der Waals surface area contributed by atoms with Gasteiger partial charge in [-0.15, -0.1) is 0 Å². The Labute approximate surface area is 127 Å². The minimum Gasteiger partial charge on any atom is -0.324 e. The maximum atomic E-state index is 12.5. The SMILES string of the molecule is CC(C(=O)Nc1ccccc1C(C)(C)C)N1CCNCC1. The summed E-state index contributed by atoms with van der Waals surface area (Å²) in [6.07, 6.45) is 0. The summed E-state index contributed by atoms with van der Waals surface area (Å²) in [4.78, 5) is 14.7. The van der Waals surface area contributed by atoms with Crippen molar-refractivity contribution in [1.29, 1.82) is 0 Å². The summed E-state index contributed by atoms with van der Waals surface area (Å²) in [6, 6.07) is 7.98. The summed E-state index contributed by atoms with van der Waals surface area (Å²) in [5, 5.41) is 6.43. The van der Waals surface area contributed by atoms with E-state index in [9.17, 15) is 4.79 Å². The van der Waals surface area contributed by atoms with Crippen molar-refractivity contribution in [2.24, 2.45) is 0 Å². The molecule has 2 N–H and O–H groups in total. The van der Waals surface area contributed by atoms with E-state index >= 15 is 0 Å². The Balaban J connectivity index is 2.09. The Morgan fingerprint density at radius 3 is 2.48 bits per heavy atom. The summed E-state index contributed by atoms with van der Waals surface area (Å²) in [7, 11) is 0. The number of anilines is 1. The molecule has 1 aliphatic heterocycles. The predicted molar refractivity (Wildman–Crippen MR) is 87.7 cm³/mol. The molecule has 1 heterocycles. The minimum absolute atomic E-state index is 0.0160. The summed E-state index contributed by atoms with van der Waals surface area (Å²) >= 11 is 0. The highest BCUT2D eigenvalue weighted by Gasteiger charge is 2.24. The van der Waals surface area contributed by atoms with Crippen LogP contribution >= 0.6 is 0 Å². The smallest absolute Gasteiger partial charge is 0.241 e. The van der Waals surface area contributed by atoms with Gasteiger partial charge in [0.15, 0.2) is 0 Å². The van der Waals surface area contributed by atoms with E-state index in [2.05, 4.69) is 42.4 Å². The van der Waals surface area contributed by atoms with Crippen LogP contribution in [0.15, 0.2) is 24.3 Å². The molecule has 1 amide bonds. The zero-order valence-electron chi connectivity index (χ0n) is 13.6. The average molecular weight is 289 g/mol. The molecule has 1 unspecified atom stereocenters. The first-order valence-corrected chi connectivity index (χ1v) is 7.75. The van der Waals surface area contributed by atoms with Crippen molar-refractivity contribution in [3.8, 4) is 0 Å². The van der Waals surface area contributed by atoms with Crippen LogP contribution in [0.1, 0.15) is 33.3 Å². The Hall–Kier alpha value is -1.39. The maximum absolute atomic E-state index is 12.5. The van der Waals surface area contributed by atoms with E-state index in [1.807, 2.05) is 25.1 Å². The standard InChI is InChI=1S/C17H27N3O/c1-13(20-11-9-18-10-12-20)16(21)19-15-8-6-5-7-14(15)17(2,3)4/h5-8,13,18H,9-12H2,1-4H3,(H,19,21). The normalized spacial score (nSPS) is 18.3. The van der Waals surface area contributed by atoms with Gasteiger partial charge in [0.05, 0.1) is 6.04 Å². The van der Waals surface area contributed by atoms with Crippen LogP contribution in [0.25, 0.3) is 0 Å². The zero-order chi connectivity index (χ0) is 15.5. The number of piperazine rings is 1. The fourth-order valence-corrected chi connectivity index (χ4v) is 2.72. The Morgan fingerprint density at radius 1 is 1.24 bits per heavy atom. The first-order valence-electron chi connectivity index (χ1n) is 7.75. The summed E-state index contributed by atoms with van der Waals surface area (Å²) in [6.45, 7) is 12.2. The fraction of sp³-hybridized carbons (Fsp3) is 0.588. The molecule has 0 saturated carbocycles. The van der Waals surface area contributed by atoms with E-state index < -0.39 is 0 Å². The van der Waals surface area contributed by atoms with Crippen molar-refractivity contribution < 1.29 is 4.79 Å². The van der Waals surface area contributed by atoms with Crippen LogP contribution in [0.3, 0.4) is 0 Å². The van der Waals surface area contributed by atoms with Gasteiger partial charge in [-0.3, -0.25) is 9.69 Å². The topological polar surface area (TPSA) is 44.4 Å². The van der Waals surface area contributed by atoms with E-state index in [1.165, 1.54) is 5.56 Å². The molecular weight excluding hydrogens is 262 g/mol. The predicted octanol–water partition coefficient (Wildman–Crippen LogP) is 2.22. The highest BCUT2D eigenvalue weighted by Crippen LogP contribution is 2.29. The molecule has 21 heavy (non-hydrogen) atoms. The Morgan fingerprint density at radius 2 is 1.86 bits per heavy atom. The first-order chi connectivity index (χ1) is 9.89. The molecule has 116 valence electrons. The summed E-state index contributed by atoms with van der Waals surface area (Å²) in [5.74, 6) is 0.0774. The van der Waals surface area contributed by atoms with Crippen LogP contribution in [-0.4, -0.2) is 43.0 Å². The van der Waals surface area contributed by atoms with Crippen LogP contribution in [-0.2, 0) is 10.2 Å². The number of nitrogens with one attached hydrogen (secondary N) is 2. The van der Waals surface area contributed by atoms with Crippen LogP contribution in [0.5, 0.6) is 0 Å². The molecule has 1 aliphatic rings. The number of hydrogen-bond acceptors (Lipinski definition) is 3. The van der Waals surface area contributed by atoms with Gasteiger partial charge in [-0.05, 0) is 24.0 Å². The second-order valence-corrected chi connectivity index (χ2v) is 6.75. The summed E-state index contributed by atoms with van der Waals surface area (Å²) < 4.78 is 0. The van der Waals surface area contributed by atoms with Gasteiger partial charge >= 0.3 is 0 Å². The van der Waals surface area contributed by atoms with Crippen molar-refractivity contribution in [1.82, 2.24) is 10.2 Å². The van der Waals surface area contributed by atoms with Gasteiger partial charge in [0, 0.05) is 31.9 Å². The van der Waals surface area contributed by atoms with Crippen molar-refractivity contribution in [2.75, 3.05) is 31.5 Å². The third kappa shape index (κ3) is 4.05. The molecule has 0 aromatic heterocycles. The monoisotopic (exact) mass is 289 g/mol. The van der Waals surface area contributed by atoms with Crippen LogP contribution in [0, 0.1) is 0 Å². The number of para-hydroxylation sites is 1. The summed E-state index contributed by atoms with van der Waals surface area (Å²) in [5.41, 5.74) is 2.12. The number of benzene rings is 1. The lowest BCUT2D eigenvalue weighted by atomic mass is 9.86. The molecular formula is C17H27N3O. The van der Waals surface area contributed by atoms with Gasteiger partial charge in [-0.25, -0.2) is 0 Å². The van der Waals surface area contributed by atoms with E-state index in [4.69, 9.17) is 0 Å². The molecule has 1 aromatic carbocycles. The molecule has 0 bridgehead atoms. The number of hydrogen-bond donors (Lipinski definition) is 2. The molecule has 0 spiro atoms. The molecule has 4 nitrogen and oxygen atoms in total. The molecule has 1 aromatic rings. The largest absolute Gasteiger partial charge is 0.324 e. The van der Waals surface area contributed by atoms with Gasteiger partial charge in [0.25, 0.3) is 0 Å². The van der Waals surface area contributed by atoms with Crippen molar-refractivity contribution in [2.45, 2.75) is 39.2 Å². The third-order valence-corrected chi connectivity index (χ3v) is 4.07. The van der Waals surface area contributed by atoms with Crippen molar-refractivity contribution in [3.63, 3.8) is 0 Å². The van der Waals surface area contributed by atoms with Crippen LogP contribution in [0.2, 0.25) is 0 Å². The highest BCUT2D eigenvalue weighted by atomic mass is 16.2. The highest BCUT2D eigenvalue weighted by molar-refractivity contribution is 5.95. The first kappa shape index (κ1) is 16.0. The third-order valence-electron chi connectivity index (χ3n) is 4.07. The molecule has 0 radical (unpaired) electrons. The lowest BCUT2D eigenvalue weighted by Gasteiger charge is -2.32. The number of carbonyl (C=O) groups is 1. The fourth-order valence-electron chi connectivity index (χ4n) is 2.72. The van der Waals surface area contributed by atoms with Gasteiger partial charge in [-0.1, -0.05) is 39.0 Å². The lowest BCUT2D eigenvalue weighted by molar-refractivity contribution is -0.120. The molecule has 0 aliphatic carbocycles. The molecule has 1 atom stereocenters. The van der Waals surface area contributed by atoms with Gasteiger partial charge < -0.3 is 10.6 Å². The quantitative estimate of drug-likeness (QED) is 0.897. The van der Waals surface area contributed by atoms with Crippen LogP contribution < -0.4 is 10.6 Å². The average Bonchev–Trinajstić information content (AvgIpc) is 2.47. The van der Waals surface area contributed by atoms with E-state index in [0.717, 1.165) is 31.9 Å². The number of nitrogens with zero attached hydrogens (tertiary/aromatic N) is 1. The molecule has 1 fully saturated rings. The zero-order valence-corrected chi connectivity index (χ0v) is 13.6. The number of amides is 1. The van der Waals surface area contributed by atoms with Gasteiger partial charge in [0.2, 0.25) is 5.91 Å². The van der Waals surface area contributed by atoms with Gasteiger partial charge in [0.1, 0.15) is 0 Å². The molecule has 1 saturated heterocycles. The van der Waals surface area contributed by atoms with E-state index in [0.29, 0.717) is 0 Å². The minimum atomic E-state index is -0.0971. The Bertz CT molecular complexity index is 487. The molecule has 2 rings (SSSR count). The van der Waals surface area contributed by atoms with Gasteiger partial charge in [-0.2, -0.15) is 0 Å². The second-order valence-electron chi connectivity index (χ2n) is 6.75. The second kappa shape index (κ2) is 6.58. The number of rotatable bonds is 3. The lowest BCUT2D eigenvalue weighted by Crippen LogP contribution is -2.51.